The van der Waals surface area contributed by atoms with Gasteiger partial charge in [0.25, 0.3) is 5.91 Å². The third-order valence-corrected chi connectivity index (χ3v) is 4.07. The van der Waals surface area contributed by atoms with E-state index in [1.165, 1.54) is 7.11 Å². The molecule has 0 aliphatic carbocycles. The molecule has 1 aromatic heterocycles. The summed E-state index contributed by atoms with van der Waals surface area (Å²) in [4.78, 5) is 24.0. The summed E-state index contributed by atoms with van der Waals surface area (Å²) in [5, 5.41) is 12.0. The molecule has 0 atom stereocenters. The summed E-state index contributed by atoms with van der Waals surface area (Å²) in [7, 11) is 1.51. The molecule has 0 saturated carbocycles. The number of amides is 2. The van der Waals surface area contributed by atoms with Gasteiger partial charge in [0.2, 0.25) is 5.91 Å². The third kappa shape index (κ3) is 5.08. The van der Waals surface area contributed by atoms with E-state index >= 15 is 0 Å². The highest BCUT2D eigenvalue weighted by Gasteiger charge is 2.14. The van der Waals surface area contributed by atoms with Crippen LogP contribution in [0.15, 0.2) is 42.5 Å². The average Bonchev–Trinajstić information content (AvgIpc) is 3.13. The van der Waals surface area contributed by atoms with Crippen molar-refractivity contribution in [1.82, 2.24) is 15.5 Å². The monoisotopic (exact) mass is 420 g/mol. The topological polar surface area (TPSA) is 96.1 Å². The molecule has 0 fully saturated rings. The number of nitrogens with one attached hydrogen (secondary N) is 3. The molecule has 7 nitrogen and oxygen atoms in total. The number of methoxy groups -OCH3 is 1. The Balaban J connectivity index is 1.62. The smallest absolute Gasteiger partial charge is 0.251 e. The summed E-state index contributed by atoms with van der Waals surface area (Å²) in [5.74, 6) is -2.37. The molecular weight excluding hydrogens is 406 g/mol. The number of benzene rings is 2. The summed E-state index contributed by atoms with van der Waals surface area (Å²) in [5.41, 5.74) is 0.971. The summed E-state index contributed by atoms with van der Waals surface area (Å²) >= 11 is 6.01. The summed E-state index contributed by atoms with van der Waals surface area (Å²) in [6.07, 6.45) is 0. The first-order valence-electron chi connectivity index (χ1n) is 8.29. The van der Waals surface area contributed by atoms with Crippen LogP contribution in [0.5, 0.6) is 5.75 Å². The van der Waals surface area contributed by atoms with Gasteiger partial charge in [-0.25, -0.2) is 8.78 Å². The minimum absolute atomic E-state index is 0.207. The van der Waals surface area contributed by atoms with Crippen LogP contribution in [0.25, 0.3) is 11.3 Å². The maximum absolute atomic E-state index is 13.2. The zero-order valence-electron chi connectivity index (χ0n) is 15.1. The molecular formula is C19H15ClF2N4O3. The fourth-order valence-electron chi connectivity index (χ4n) is 2.55. The molecule has 0 bridgehead atoms. The van der Waals surface area contributed by atoms with Crippen LogP contribution < -0.4 is 15.4 Å². The number of carbonyl (C=O) groups is 2. The molecule has 150 valence electrons. The number of aromatic nitrogens is 2. The molecule has 0 radical (unpaired) electrons. The normalized spacial score (nSPS) is 10.5. The van der Waals surface area contributed by atoms with Gasteiger partial charge in [-0.05, 0) is 30.3 Å². The number of rotatable bonds is 6. The molecule has 1 heterocycles. The minimum Gasteiger partial charge on any atom is -0.496 e. The van der Waals surface area contributed by atoms with Crippen LogP contribution in [0, 0.1) is 11.6 Å². The Morgan fingerprint density at radius 1 is 1.14 bits per heavy atom. The van der Waals surface area contributed by atoms with Crippen molar-refractivity contribution in [1.29, 1.82) is 0 Å². The van der Waals surface area contributed by atoms with Gasteiger partial charge in [-0.15, -0.1) is 0 Å². The maximum atomic E-state index is 13.2. The van der Waals surface area contributed by atoms with Gasteiger partial charge in [-0.1, -0.05) is 11.6 Å². The Hall–Kier alpha value is -3.46. The van der Waals surface area contributed by atoms with Crippen molar-refractivity contribution < 1.29 is 23.1 Å². The lowest BCUT2D eigenvalue weighted by molar-refractivity contribution is -0.115. The van der Waals surface area contributed by atoms with Crippen LogP contribution in [0.3, 0.4) is 0 Å². The van der Waals surface area contributed by atoms with Gasteiger partial charge < -0.3 is 15.4 Å². The fourth-order valence-corrected chi connectivity index (χ4v) is 2.72. The maximum Gasteiger partial charge on any atom is 0.251 e. The van der Waals surface area contributed by atoms with Gasteiger partial charge in [0.15, 0.2) is 5.82 Å². The molecule has 0 spiro atoms. The predicted octanol–water partition coefficient (Wildman–Crippen LogP) is 3.39. The second-order valence-electron chi connectivity index (χ2n) is 5.90. The Kier molecular flexibility index (Phi) is 6.08. The second kappa shape index (κ2) is 8.70. The van der Waals surface area contributed by atoms with Crippen molar-refractivity contribution in [3.05, 3.63) is 64.7 Å². The molecule has 0 unspecified atom stereocenters. The van der Waals surface area contributed by atoms with Gasteiger partial charge in [0, 0.05) is 28.3 Å². The molecule has 2 amide bonds. The predicted molar refractivity (Wildman–Crippen MR) is 103 cm³/mol. The van der Waals surface area contributed by atoms with Crippen molar-refractivity contribution in [2.45, 2.75) is 0 Å². The Morgan fingerprint density at radius 3 is 2.55 bits per heavy atom. The number of carbonyl (C=O) groups excluding carboxylic acids is 2. The van der Waals surface area contributed by atoms with Crippen LogP contribution in [-0.4, -0.2) is 35.7 Å². The van der Waals surface area contributed by atoms with Gasteiger partial charge in [0.05, 0.1) is 19.3 Å². The van der Waals surface area contributed by atoms with Crippen molar-refractivity contribution >= 4 is 29.2 Å². The van der Waals surface area contributed by atoms with Crippen LogP contribution in [0.1, 0.15) is 10.4 Å². The summed E-state index contributed by atoms with van der Waals surface area (Å²) in [6.45, 7) is -0.417. The average molecular weight is 421 g/mol. The molecule has 2 aromatic carbocycles. The number of hydrogen-bond donors (Lipinski definition) is 3. The van der Waals surface area contributed by atoms with E-state index in [1.54, 1.807) is 24.3 Å². The number of H-pyrrole nitrogens is 1. The first-order valence-corrected chi connectivity index (χ1v) is 8.67. The van der Waals surface area contributed by atoms with Gasteiger partial charge in [-0.2, -0.15) is 5.10 Å². The number of nitrogens with zero attached hydrogens (tertiary/aromatic N) is 1. The fraction of sp³-hybridized carbons (Fsp3) is 0.105. The molecule has 10 heteroatoms. The third-order valence-electron chi connectivity index (χ3n) is 3.83. The number of halogens is 3. The molecule has 3 aromatic rings. The SMILES string of the molecule is COc1ccc(Cl)cc1-c1cc(NC(=O)CNC(=O)c2cc(F)cc(F)c2)n[nH]1. The van der Waals surface area contributed by atoms with E-state index in [1.807, 2.05) is 0 Å². The van der Waals surface area contributed by atoms with Crippen LogP contribution in [0.4, 0.5) is 14.6 Å². The highest BCUT2D eigenvalue weighted by molar-refractivity contribution is 6.31. The van der Waals surface area contributed by atoms with Gasteiger partial charge in [-0.3, -0.25) is 14.7 Å². The highest BCUT2D eigenvalue weighted by atomic mass is 35.5. The van der Waals surface area contributed by atoms with E-state index in [9.17, 15) is 18.4 Å². The number of ether oxygens (including phenoxy) is 1. The Bertz CT molecular complexity index is 1050. The standard InChI is InChI=1S/C19H15ClF2N4O3/c1-29-16-3-2-11(20)6-14(16)15-8-17(26-25-15)24-18(27)9-23-19(28)10-4-12(21)7-13(22)5-10/h2-8H,9H2,1H3,(H,23,28)(H2,24,25,26,27). The van der Waals surface area contributed by atoms with Crippen LogP contribution >= 0.6 is 11.6 Å². The Morgan fingerprint density at radius 2 is 1.86 bits per heavy atom. The van der Waals surface area contributed by atoms with E-state index in [2.05, 4.69) is 20.8 Å². The van der Waals surface area contributed by atoms with E-state index in [0.29, 0.717) is 28.1 Å². The van der Waals surface area contributed by atoms with E-state index < -0.39 is 30.0 Å². The zero-order chi connectivity index (χ0) is 21.0. The number of anilines is 1. The summed E-state index contributed by atoms with van der Waals surface area (Å²) < 4.78 is 31.6. The van der Waals surface area contributed by atoms with E-state index in [4.69, 9.17) is 16.3 Å². The Labute approximate surface area is 169 Å². The van der Waals surface area contributed by atoms with Crippen LogP contribution in [-0.2, 0) is 4.79 Å². The molecule has 3 N–H and O–H groups in total. The van der Waals surface area contributed by atoms with Crippen molar-refractivity contribution in [3.8, 4) is 17.0 Å². The molecule has 3 rings (SSSR count). The van der Waals surface area contributed by atoms with Crippen molar-refractivity contribution in [3.63, 3.8) is 0 Å². The number of aromatic amines is 1. The van der Waals surface area contributed by atoms with Gasteiger partial charge in [0.1, 0.15) is 17.4 Å². The van der Waals surface area contributed by atoms with Gasteiger partial charge >= 0.3 is 0 Å². The first-order chi connectivity index (χ1) is 13.9. The van der Waals surface area contributed by atoms with Crippen molar-refractivity contribution in [2.24, 2.45) is 0 Å². The zero-order valence-corrected chi connectivity index (χ0v) is 15.8. The molecule has 29 heavy (non-hydrogen) atoms. The van der Waals surface area contributed by atoms with E-state index in [0.717, 1.165) is 12.1 Å². The quantitative estimate of drug-likeness (QED) is 0.569. The molecule has 0 aliphatic rings. The summed E-state index contributed by atoms with van der Waals surface area (Å²) in [6, 6.07) is 9.00. The number of hydrogen-bond acceptors (Lipinski definition) is 4. The molecule has 0 aliphatic heterocycles. The highest BCUT2D eigenvalue weighted by Crippen LogP contribution is 2.32. The van der Waals surface area contributed by atoms with Crippen LogP contribution in [0.2, 0.25) is 5.02 Å². The lowest BCUT2D eigenvalue weighted by Gasteiger charge is -2.06. The minimum atomic E-state index is -0.889. The lowest BCUT2D eigenvalue weighted by atomic mass is 10.1. The largest absolute Gasteiger partial charge is 0.496 e. The molecule has 0 saturated heterocycles. The second-order valence-corrected chi connectivity index (χ2v) is 6.34. The van der Waals surface area contributed by atoms with E-state index in [-0.39, 0.29) is 11.4 Å². The first kappa shape index (κ1) is 20.3. The van der Waals surface area contributed by atoms with Crippen molar-refractivity contribution in [2.75, 3.05) is 19.0 Å². The lowest BCUT2D eigenvalue weighted by Crippen LogP contribution is -2.33.